The molecule has 0 aromatic carbocycles. The number of ketones is 1. The number of nitrogens with one attached hydrogen (secondary N) is 5. The second-order valence-corrected chi connectivity index (χ2v) is 46.7. The molecule has 716 valence electrons. The molecule has 9 heterocycles. The SMILES string of the molecule is COC(=O)c1sc(C#CC(C)(C)C)cc1NC1CCC(=O)CC1.COC(=O)c1sc(C#CC(C)(C)C)cc1NC1CCC(C)(CO[C@H]2CCOC2)CC1.COC(=O)c1sc(C#CC(C)(C)C)cc1NC1CCC(O)(CO[C@H]2CCOC2)CC1.COC(=O)c1sc(C#CC(C)(C)C)cc1NC1CCC2(CC1)CO2.COC(=O)c1sc(C#CC(C)(C)C)cc1NC1CCC2(CC1)CO2. The fourth-order valence-corrected chi connectivity index (χ4v) is 20.2. The van der Waals surface area contributed by atoms with Crippen LogP contribution >= 0.6 is 56.7 Å². The number of hydrogen-bond donors (Lipinski definition) is 6. The van der Waals surface area contributed by atoms with E-state index in [1.807, 2.05) is 51.1 Å². The van der Waals surface area contributed by atoms with Crippen LogP contribution in [0, 0.1) is 91.7 Å². The highest BCUT2D eigenvalue weighted by Crippen LogP contribution is 2.46. The van der Waals surface area contributed by atoms with Gasteiger partial charge in [-0.1, -0.05) is 66.1 Å². The van der Waals surface area contributed by atoms with E-state index in [1.165, 1.54) is 92.2 Å². The molecule has 5 aromatic rings. The third-order valence-corrected chi connectivity index (χ3v) is 28.9. The monoisotopic (exact) mass is 1900 g/mol. The maximum Gasteiger partial charge on any atom is 0.350 e. The number of carbonyl (C=O) groups excluding carboxylic acids is 6. The number of aliphatic hydroxyl groups is 1. The summed E-state index contributed by atoms with van der Waals surface area (Å²) in [6.45, 7) is 39.2. The number of hydrogen-bond acceptors (Lipinski definition) is 28. The van der Waals surface area contributed by atoms with Crippen molar-refractivity contribution in [1.29, 1.82) is 0 Å². The Hall–Kier alpha value is -7.96. The Balaban J connectivity index is 0.000000171. The van der Waals surface area contributed by atoms with Crippen molar-refractivity contribution >= 4 is 121 Å². The van der Waals surface area contributed by atoms with Gasteiger partial charge in [0.25, 0.3) is 0 Å². The molecule has 5 saturated carbocycles. The number of rotatable bonds is 21. The molecule has 4 aliphatic heterocycles. The van der Waals surface area contributed by atoms with Gasteiger partial charge in [-0.2, -0.15) is 0 Å². The van der Waals surface area contributed by atoms with E-state index in [2.05, 4.69) is 176 Å². The first-order valence-corrected chi connectivity index (χ1v) is 50.3. The Morgan fingerprint density at radius 3 is 0.840 bits per heavy atom. The average molecular weight is 1900 g/mol. The molecule has 14 rings (SSSR count). The quantitative estimate of drug-likeness (QED) is 0.0172. The minimum atomic E-state index is -0.788. The van der Waals surface area contributed by atoms with Gasteiger partial charge >= 0.3 is 29.8 Å². The molecule has 0 amide bonds. The van der Waals surface area contributed by atoms with Gasteiger partial charge in [-0.15, -0.1) is 56.7 Å². The van der Waals surface area contributed by atoms with Crippen molar-refractivity contribution in [3.63, 3.8) is 0 Å². The molecule has 9 fully saturated rings. The summed E-state index contributed by atoms with van der Waals surface area (Å²) in [4.78, 5) is 79.3. The van der Waals surface area contributed by atoms with Crippen molar-refractivity contribution in [2.45, 2.75) is 311 Å². The van der Waals surface area contributed by atoms with Crippen molar-refractivity contribution in [2.75, 3.05) is 115 Å². The number of anilines is 5. The molecule has 23 nitrogen and oxygen atoms in total. The summed E-state index contributed by atoms with van der Waals surface area (Å²) in [7, 11) is 7.03. The number of carbonyl (C=O) groups is 6. The molecule has 4 saturated heterocycles. The fraction of sp³-hybridized carbons (Fsp3) is 0.650. The van der Waals surface area contributed by atoms with Crippen LogP contribution in [0.3, 0.4) is 0 Å². The lowest BCUT2D eigenvalue weighted by Crippen LogP contribution is -2.43. The van der Waals surface area contributed by atoms with E-state index < -0.39 is 5.60 Å². The van der Waals surface area contributed by atoms with Gasteiger partial charge < -0.3 is 83.8 Å². The highest BCUT2D eigenvalue weighted by atomic mass is 32.1. The van der Waals surface area contributed by atoms with Crippen molar-refractivity contribution in [3.05, 3.63) is 79.1 Å². The molecule has 28 heteroatoms. The average Bonchev–Trinajstić information content (AvgIpc) is 1.64. The molecular formula is C103H141N5O18S5. The molecular weight excluding hydrogens is 1760 g/mol. The summed E-state index contributed by atoms with van der Waals surface area (Å²) in [5.74, 6) is 30.7. The van der Waals surface area contributed by atoms with E-state index >= 15 is 0 Å². The van der Waals surface area contributed by atoms with Crippen LogP contribution in [0.5, 0.6) is 0 Å². The number of epoxide rings is 2. The zero-order valence-corrected chi connectivity index (χ0v) is 85.2. The van der Waals surface area contributed by atoms with Gasteiger partial charge in [-0.3, -0.25) is 4.79 Å². The van der Waals surface area contributed by atoms with Gasteiger partial charge in [-0.05, 0) is 268 Å². The van der Waals surface area contributed by atoms with Gasteiger partial charge in [0.05, 0.1) is 157 Å². The summed E-state index contributed by atoms with van der Waals surface area (Å²) in [6, 6.07) is 11.3. The summed E-state index contributed by atoms with van der Waals surface area (Å²) in [5, 5.41) is 28.4. The lowest BCUT2D eigenvalue weighted by atomic mass is 9.74. The minimum absolute atomic E-state index is 0.0645. The zero-order chi connectivity index (χ0) is 95.3. The topological polar surface area (TPSA) is 291 Å². The molecule has 2 spiro atoms. The van der Waals surface area contributed by atoms with E-state index in [9.17, 15) is 33.9 Å². The lowest BCUT2D eigenvalue weighted by molar-refractivity contribution is -0.120. The number of esters is 5. The molecule has 0 unspecified atom stereocenters. The standard InChI is InChI=1S/C24H35NO4S.C23H33NO5S.2C19H25NO3S.C18H23NO3S/c1-23(2,3)10-8-19-14-20(21(30-19)22(26)27-5)25-17-6-11-24(4,12-7-17)16-29-18-9-13-28-15-18;1-22(2,3)9-7-18-13-19(20(30-18)21(25)27-4)24-16-5-10-23(26,11-6-16)15-29-17-8-12-28-14-17;2*1-18(2,3)8-7-14-11-15(16(24-14)17(21)22-4)20-13-5-9-19(10-6-13)12-23-19;1-18(2,3)10-9-14-11-15(16(23-14)17(21)22-4)19-12-5-7-13(20)8-6-12/h14,17-18,25H,6-7,9,11-13,15-16H2,1-5H3;13,16-17,24,26H,5-6,8,10-12,14-15H2,1-4H3;2*11,13,20H,5-6,9-10,12H2,1-4H3;11-12,19H,5-8H2,1-4H3/t17?,18-,24?;16?,17-,23?;;;/m00.../s1. The van der Waals surface area contributed by atoms with E-state index in [-0.39, 0.29) is 97.8 Å². The van der Waals surface area contributed by atoms with Gasteiger partial charge in [0.15, 0.2) is 0 Å². The minimum Gasteiger partial charge on any atom is -0.465 e. The van der Waals surface area contributed by atoms with Crippen molar-refractivity contribution in [3.8, 4) is 59.2 Å². The molecule has 131 heavy (non-hydrogen) atoms. The van der Waals surface area contributed by atoms with Crippen LogP contribution in [0.25, 0.3) is 0 Å². The summed E-state index contributed by atoms with van der Waals surface area (Å²) in [6.07, 6.45) is 21.0. The first-order valence-electron chi connectivity index (χ1n) is 46.2. The Bertz CT molecular complexity index is 4770. The Labute approximate surface area is 798 Å². The molecule has 2 atom stereocenters. The smallest absolute Gasteiger partial charge is 0.350 e. The number of thiophene rings is 5. The van der Waals surface area contributed by atoms with Gasteiger partial charge in [-0.25, -0.2) is 24.0 Å². The van der Waals surface area contributed by atoms with E-state index in [0.29, 0.717) is 87.2 Å². The number of Topliss-reactive ketones (excluding diaryl/α,β-unsaturated/α-hetero) is 1. The predicted octanol–water partition coefficient (Wildman–Crippen LogP) is 20.9. The number of methoxy groups -OCH3 is 5. The lowest BCUT2D eigenvalue weighted by Gasteiger charge is -2.38. The van der Waals surface area contributed by atoms with Crippen molar-refractivity contribution in [2.24, 2.45) is 32.5 Å². The largest absolute Gasteiger partial charge is 0.465 e. The second kappa shape index (κ2) is 46.5. The summed E-state index contributed by atoms with van der Waals surface area (Å²) in [5.41, 5.74) is 3.45. The van der Waals surface area contributed by atoms with E-state index in [0.717, 1.165) is 208 Å². The van der Waals surface area contributed by atoms with Crippen LogP contribution in [-0.4, -0.2) is 188 Å². The molecule has 0 bridgehead atoms. The second-order valence-electron chi connectivity index (χ2n) is 41.4. The third-order valence-electron chi connectivity index (χ3n) is 23.7. The van der Waals surface area contributed by atoms with E-state index in [1.54, 1.807) is 0 Å². The maximum absolute atomic E-state index is 12.3. The molecule has 9 aliphatic rings. The van der Waals surface area contributed by atoms with Crippen LogP contribution in [0.1, 0.15) is 325 Å². The van der Waals surface area contributed by atoms with Crippen molar-refractivity contribution in [1.82, 2.24) is 0 Å². The molecule has 5 aliphatic carbocycles. The maximum atomic E-state index is 12.3. The Kier molecular flexibility index (Phi) is 37.3. The Morgan fingerprint density at radius 2 is 0.611 bits per heavy atom. The highest BCUT2D eigenvalue weighted by Gasteiger charge is 2.49. The molecule has 0 radical (unpaired) electrons. The summed E-state index contributed by atoms with van der Waals surface area (Å²) >= 11 is 6.89. The molecule has 5 aromatic heterocycles. The van der Waals surface area contributed by atoms with Crippen LogP contribution < -0.4 is 26.6 Å². The highest BCUT2D eigenvalue weighted by molar-refractivity contribution is 7.16. The zero-order valence-electron chi connectivity index (χ0n) is 81.1. The third kappa shape index (κ3) is 34.4. The molecule has 6 N–H and O–H groups in total. The summed E-state index contributed by atoms with van der Waals surface area (Å²) < 4.78 is 58.5. The normalized spacial score (nSPS) is 24.4. The van der Waals surface area contributed by atoms with Crippen LogP contribution in [-0.2, 0) is 56.9 Å². The first-order chi connectivity index (χ1) is 61.7. The van der Waals surface area contributed by atoms with Crippen molar-refractivity contribution < 1.29 is 86.0 Å². The predicted molar refractivity (Wildman–Crippen MR) is 525 cm³/mol. The van der Waals surface area contributed by atoms with Gasteiger partial charge in [0.1, 0.15) is 30.2 Å². The van der Waals surface area contributed by atoms with Crippen LogP contribution in [0.15, 0.2) is 30.3 Å². The van der Waals surface area contributed by atoms with Gasteiger partial charge in [0.2, 0.25) is 0 Å². The first kappa shape index (κ1) is 105. The Morgan fingerprint density at radius 1 is 0.374 bits per heavy atom. The number of ether oxygens (including phenoxy) is 11. The van der Waals surface area contributed by atoms with Crippen LogP contribution in [0.2, 0.25) is 0 Å². The van der Waals surface area contributed by atoms with Gasteiger partial charge in [0, 0.05) is 83.3 Å². The van der Waals surface area contributed by atoms with E-state index in [4.69, 9.17) is 52.1 Å². The van der Waals surface area contributed by atoms with Crippen LogP contribution in [0.4, 0.5) is 28.4 Å². The fourth-order valence-electron chi connectivity index (χ4n) is 15.7.